The Hall–Kier alpha value is -2.45. The van der Waals surface area contributed by atoms with E-state index in [1.165, 1.54) is 18.2 Å². The SMILES string of the molecule is N#Cc1[c]c(C#N)c(F)c(C#N)c1F. The van der Waals surface area contributed by atoms with Crippen LogP contribution in [0.15, 0.2) is 0 Å². The Kier molecular flexibility index (Phi) is 2.42. The topological polar surface area (TPSA) is 71.4 Å². The first-order valence-corrected chi connectivity index (χ1v) is 3.30. The van der Waals surface area contributed by atoms with Crippen molar-refractivity contribution in [3.8, 4) is 18.2 Å². The molecular weight excluding hydrogens is 188 g/mol. The van der Waals surface area contributed by atoms with Gasteiger partial charge in [-0.15, -0.1) is 0 Å². The van der Waals surface area contributed by atoms with Crippen molar-refractivity contribution < 1.29 is 8.78 Å². The molecule has 0 fully saturated rings. The van der Waals surface area contributed by atoms with Gasteiger partial charge in [-0.25, -0.2) is 8.78 Å². The third kappa shape index (κ3) is 1.26. The summed E-state index contributed by atoms with van der Waals surface area (Å²) in [6.07, 6.45) is 0. The van der Waals surface area contributed by atoms with Crippen molar-refractivity contribution in [2.75, 3.05) is 0 Å². The summed E-state index contributed by atoms with van der Waals surface area (Å²) in [7, 11) is 0. The summed E-state index contributed by atoms with van der Waals surface area (Å²) in [5.41, 5.74) is -2.21. The Morgan fingerprint density at radius 2 is 1.29 bits per heavy atom. The first-order valence-electron chi connectivity index (χ1n) is 3.30. The molecule has 5 heteroatoms. The Balaban J connectivity index is 3.71. The third-order valence-electron chi connectivity index (χ3n) is 1.46. The lowest BCUT2D eigenvalue weighted by atomic mass is 10.1. The van der Waals surface area contributed by atoms with Crippen LogP contribution in [0.5, 0.6) is 0 Å². The molecule has 1 rings (SSSR count). The van der Waals surface area contributed by atoms with E-state index in [0.717, 1.165) is 0 Å². The highest BCUT2D eigenvalue weighted by Gasteiger charge is 2.18. The molecule has 1 aromatic rings. The molecule has 65 valence electrons. The van der Waals surface area contributed by atoms with E-state index in [1.54, 1.807) is 0 Å². The maximum absolute atomic E-state index is 13.0. The van der Waals surface area contributed by atoms with Crippen LogP contribution in [0.3, 0.4) is 0 Å². The van der Waals surface area contributed by atoms with Crippen LogP contribution in [-0.2, 0) is 0 Å². The van der Waals surface area contributed by atoms with Crippen molar-refractivity contribution in [1.82, 2.24) is 0 Å². The average Bonchev–Trinajstić information content (AvgIpc) is 2.19. The van der Waals surface area contributed by atoms with Gasteiger partial charge in [-0.1, -0.05) is 0 Å². The van der Waals surface area contributed by atoms with Gasteiger partial charge in [0.1, 0.15) is 23.8 Å². The predicted molar refractivity (Wildman–Crippen MR) is 39.3 cm³/mol. The van der Waals surface area contributed by atoms with Gasteiger partial charge in [0.05, 0.1) is 11.1 Å². The molecule has 0 unspecified atom stereocenters. The summed E-state index contributed by atoms with van der Waals surface area (Å²) in [5.74, 6) is -2.57. The smallest absolute Gasteiger partial charge is 0.162 e. The third-order valence-corrected chi connectivity index (χ3v) is 1.46. The number of benzene rings is 1. The second-order valence-corrected chi connectivity index (χ2v) is 2.21. The van der Waals surface area contributed by atoms with E-state index in [9.17, 15) is 8.78 Å². The highest BCUT2D eigenvalue weighted by molar-refractivity contribution is 5.48. The lowest BCUT2D eigenvalue weighted by Crippen LogP contribution is -1.98. The minimum atomic E-state index is -1.29. The number of hydrogen-bond donors (Lipinski definition) is 0. The van der Waals surface area contributed by atoms with Gasteiger partial charge in [-0.2, -0.15) is 15.8 Å². The van der Waals surface area contributed by atoms with Crippen LogP contribution in [0.25, 0.3) is 0 Å². The van der Waals surface area contributed by atoms with Gasteiger partial charge in [-0.3, -0.25) is 0 Å². The average molecular weight is 188 g/mol. The normalized spacial score (nSPS) is 8.50. The molecule has 0 amide bonds. The number of nitrogens with zero attached hydrogens (tertiary/aromatic N) is 3. The molecule has 0 aliphatic heterocycles. The molecule has 14 heavy (non-hydrogen) atoms. The molecule has 0 heterocycles. The molecule has 0 aliphatic carbocycles. The van der Waals surface area contributed by atoms with E-state index < -0.39 is 28.3 Å². The second kappa shape index (κ2) is 3.51. The summed E-state index contributed by atoms with van der Waals surface area (Å²) in [5, 5.41) is 25.1. The van der Waals surface area contributed by atoms with Gasteiger partial charge in [0.15, 0.2) is 11.6 Å². The maximum atomic E-state index is 13.0. The summed E-state index contributed by atoms with van der Waals surface area (Å²) in [4.78, 5) is 0. The minimum Gasteiger partial charge on any atom is -0.204 e. The first-order chi connectivity index (χ1) is 6.65. The standard InChI is InChI=1S/C9F2N3/c10-8-5(2-12)1-6(3-13)9(11)7(8)4-14. The summed E-state index contributed by atoms with van der Waals surface area (Å²) in [6, 6.07) is 5.92. The van der Waals surface area contributed by atoms with Crippen LogP contribution >= 0.6 is 0 Å². The van der Waals surface area contributed by atoms with Crippen LogP contribution in [0.4, 0.5) is 8.78 Å². The molecule has 0 aromatic heterocycles. The maximum Gasteiger partial charge on any atom is 0.162 e. The first kappa shape index (κ1) is 9.64. The summed E-state index contributed by atoms with van der Waals surface area (Å²) in [6.45, 7) is 0. The van der Waals surface area contributed by atoms with Gasteiger partial charge in [0.25, 0.3) is 0 Å². The predicted octanol–water partition coefficient (Wildman–Crippen LogP) is 1.38. The quantitative estimate of drug-likeness (QED) is 0.617. The minimum absolute atomic E-state index is 0.639. The van der Waals surface area contributed by atoms with Crippen molar-refractivity contribution >= 4 is 0 Å². The number of hydrogen-bond acceptors (Lipinski definition) is 3. The fourth-order valence-corrected chi connectivity index (χ4v) is 0.833. The Morgan fingerprint density at radius 3 is 1.57 bits per heavy atom. The molecule has 0 aliphatic rings. The molecule has 0 spiro atoms. The van der Waals surface area contributed by atoms with Crippen LogP contribution in [-0.4, -0.2) is 0 Å². The molecule has 0 bridgehead atoms. The van der Waals surface area contributed by atoms with E-state index in [4.69, 9.17) is 15.8 Å². The Bertz CT molecular complexity index is 477. The van der Waals surface area contributed by atoms with Crippen LogP contribution in [0.1, 0.15) is 16.7 Å². The van der Waals surface area contributed by atoms with Gasteiger partial charge in [0.2, 0.25) is 0 Å². The van der Waals surface area contributed by atoms with Crippen molar-refractivity contribution in [3.05, 3.63) is 34.4 Å². The van der Waals surface area contributed by atoms with Crippen molar-refractivity contribution in [3.63, 3.8) is 0 Å². The zero-order valence-electron chi connectivity index (χ0n) is 6.60. The molecule has 0 saturated carbocycles. The van der Waals surface area contributed by atoms with Crippen LogP contribution in [0.2, 0.25) is 0 Å². The van der Waals surface area contributed by atoms with E-state index in [0.29, 0.717) is 0 Å². The van der Waals surface area contributed by atoms with E-state index in [-0.39, 0.29) is 0 Å². The lowest BCUT2D eigenvalue weighted by molar-refractivity contribution is 0.571. The van der Waals surface area contributed by atoms with E-state index in [1.807, 2.05) is 6.07 Å². The van der Waals surface area contributed by atoms with Gasteiger partial charge in [0, 0.05) is 6.07 Å². The van der Waals surface area contributed by atoms with Crippen LogP contribution in [0, 0.1) is 51.7 Å². The van der Waals surface area contributed by atoms with Gasteiger partial charge < -0.3 is 0 Å². The highest BCUT2D eigenvalue weighted by Crippen LogP contribution is 2.18. The fourth-order valence-electron chi connectivity index (χ4n) is 0.833. The number of rotatable bonds is 0. The molecule has 0 atom stereocenters. The van der Waals surface area contributed by atoms with Gasteiger partial charge in [-0.05, 0) is 0 Å². The second-order valence-electron chi connectivity index (χ2n) is 2.21. The van der Waals surface area contributed by atoms with Crippen LogP contribution < -0.4 is 0 Å². The molecule has 1 radical (unpaired) electrons. The highest BCUT2D eigenvalue weighted by atomic mass is 19.1. The van der Waals surface area contributed by atoms with Crippen molar-refractivity contribution in [2.45, 2.75) is 0 Å². The fraction of sp³-hybridized carbons (Fsp3) is 0. The molecule has 1 aromatic carbocycles. The van der Waals surface area contributed by atoms with E-state index in [2.05, 4.69) is 0 Å². The molecule has 0 N–H and O–H groups in total. The molecule has 0 saturated heterocycles. The Labute approximate surface area is 78.0 Å². The largest absolute Gasteiger partial charge is 0.204 e. The molecular formula is C9F2N3. The Morgan fingerprint density at radius 1 is 0.857 bits per heavy atom. The summed E-state index contributed by atoms with van der Waals surface area (Å²) >= 11 is 0. The molecule has 3 nitrogen and oxygen atoms in total. The van der Waals surface area contributed by atoms with Crippen molar-refractivity contribution in [2.24, 2.45) is 0 Å². The zero-order chi connectivity index (χ0) is 10.7. The van der Waals surface area contributed by atoms with Crippen molar-refractivity contribution in [1.29, 1.82) is 15.8 Å². The van der Waals surface area contributed by atoms with Gasteiger partial charge >= 0.3 is 0 Å². The number of halogens is 2. The monoisotopic (exact) mass is 188 g/mol. The zero-order valence-corrected chi connectivity index (χ0v) is 6.60. The van der Waals surface area contributed by atoms with E-state index >= 15 is 0 Å². The summed E-state index contributed by atoms with van der Waals surface area (Å²) < 4.78 is 26.0. The lowest BCUT2D eigenvalue weighted by Gasteiger charge is -1.98. The number of nitriles is 3.